The molecule has 0 heterocycles. The van der Waals surface area contributed by atoms with Gasteiger partial charge in [-0.3, -0.25) is 14.9 Å². The largest absolute Gasteiger partial charge is 0.491 e. The second kappa shape index (κ2) is 10.4. The molecule has 2 aromatic carbocycles. The number of carbonyl (C=O) groups excluding carboxylic acids is 2. The number of hydrogen-bond donors (Lipinski definition) is 3. The van der Waals surface area contributed by atoms with E-state index >= 15 is 0 Å². The van der Waals surface area contributed by atoms with Crippen LogP contribution in [0.25, 0.3) is 0 Å². The topological polar surface area (TPSA) is 79.5 Å². The molecule has 3 N–H and O–H groups in total. The first-order valence-corrected chi connectivity index (χ1v) is 9.61. The summed E-state index contributed by atoms with van der Waals surface area (Å²) in [5.74, 6) is 0.328. The van der Waals surface area contributed by atoms with Crippen LogP contribution in [0, 0.1) is 0 Å². The molecule has 0 aliphatic carbocycles. The van der Waals surface area contributed by atoms with E-state index in [0.29, 0.717) is 23.4 Å². The van der Waals surface area contributed by atoms with Crippen molar-refractivity contribution in [2.24, 2.45) is 0 Å². The Morgan fingerprint density at radius 2 is 1.68 bits per heavy atom. The van der Waals surface area contributed by atoms with Gasteiger partial charge in [0.1, 0.15) is 5.75 Å². The predicted molar refractivity (Wildman–Crippen MR) is 116 cm³/mol. The fourth-order valence-corrected chi connectivity index (χ4v) is 2.47. The zero-order valence-corrected chi connectivity index (χ0v) is 17.1. The van der Waals surface area contributed by atoms with Crippen LogP contribution in [0.2, 0.25) is 0 Å². The van der Waals surface area contributed by atoms with E-state index in [1.54, 1.807) is 55.5 Å². The lowest BCUT2D eigenvalue weighted by atomic mass is 10.2. The lowest BCUT2D eigenvalue weighted by Crippen LogP contribution is -2.34. The van der Waals surface area contributed by atoms with Gasteiger partial charge in [-0.1, -0.05) is 19.9 Å². The van der Waals surface area contributed by atoms with E-state index in [2.05, 4.69) is 16.0 Å². The minimum Gasteiger partial charge on any atom is -0.491 e. The van der Waals surface area contributed by atoms with Crippen LogP contribution in [-0.4, -0.2) is 23.0 Å². The Morgan fingerprint density at radius 3 is 2.29 bits per heavy atom. The first kappa shape index (κ1) is 21.4. The molecule has 0 spiro atoms. The Kier molecular flexibility index (Phi) is 7.95. The molecule has 2 aromatic rings. The average molecular weight is 400 g/mol. The normalized spacial score (nSPS) is 11.2. The van der Waals surface area contributed by atoms with Gasteiger partial charge in [0.15, 0.2) is 5.11 Å². The molecule has 0 fully saturated rings. The number of rotatable bonds is 7. The van der Waals surface area contributed by atoms with Gasteiger partial charge in [-0.25, -0.2) is 0 Å². The molecule has 0 radical (unpaired) electrons. The third-order valence-corrected chi connectivity index (χ3v) is 4.19. The van der Waals surface area contributed by atoms with Crippen LogP contribution in [-0.2, 0) is 4.79 Å². The second-order valence-corrected chi connectivity index (χ2v) is 6.66. The molecule has 2 amide bonds. The van der Waals surface area contributed by atoms with Gasteiger partial charge in [0, 0.05) is 23.4 Å². The quantitative estimate of drug-likeness (QED) is 0.604. The molecule has 0 aromatic heterocycles. The van der Waals surface area contributed by atoms with Gasteiger partial charge >= 0.3 is 0 Å². The third kappa shape index (κ3) is 6.66. The highest BCUT2D eigenvalue weighted by atomic mass is 32.1. The SMILES string of the molecule is CCC(=O)Nc1cccc(NC(=S)NC(=O)c2ccc(OC(C)CC)cc2)c1. The Hall–Kier alpha value is -2.93. The van der Waals surface area contributed by atoms with Crippen molar-refractivity contribution >= 4 is 40.5 Å². The number of carbonyl (C=O) groups is 2. The van der Waals surface area contributed by atoms with E-state index in [1.807, 2.05) is 13.8 Å². The minimum atomic E-state index is -0.317. The summed E-state index contributed by atoms with van der Waals surface area (Å²) in [5.41, 5.74) is 1.80. The predicted octanol–water partition coefficient (Wildman–Crippen LogP) is 4.34. The van der Waals surface area contributed by atoms with Crippen molar-refractivity contribution in [2.45, 2.75) is 39.7 Å². The van der Waals surface area contributed by atoms with Gasteiger partial charge < -0.3 is 15.4 Å². The smallest absolute Gasteiger partial charge is 0.257 e. The van der Waals surface area contributed by atoms with Crippen LogP contribution in [0.1, 0.15) is 44.0 Å². The summed E-state index contributed by atoms with van der Waals surface area (Å²) in [6.45, 7) is 5.83. The van der Waals surface area contributed by atoms with Gasteiger partial charge in [0.05, 0.1) is 6.10 Å². The summed E-state index contributed by atoms with van der Waals surface area (Å²) in [7, 11) is 0. The molecule has 1 unspecified atom stereocenters. The molecule has 7 heteroatoms. The number of hydrogen-bond acceptors (Lipinski definition) is 4. The zero-order valence-electron chi connectivity index (χ0n) is 16.2. The molecule has 0 saturated carbocycles. The maximum atomic E-state index is 12.3. The number of anilines is 2. The van der Waals surface area contributed by atoms with Crippen LogP contribution in [0.3, 0.4) is 0 Å². The summed E-state index contributed by atoms with van der Waals surface area (Å²) in [6.07, 6.45) is 1.42. The van der Waals surface area contributed by atoms with Crippen LogP contribution in [0.15, 0.2) is 48.5 Å². The van der Waals surface area contributed by atoms with Gasteiger partial charge in [-0.05, 0) is 68.0 Å². The monoisotopic (exact) mass is 399 g/mol. The van der Waals surface area contributed by atoms with Crippen LogP contribution in [0.5, 0.6) is 5.75 Å². The number of nitrogens with one attached hydrogen (secondary N) is 3. The highest BCUT2D eigenvalue weighted by Crippen LogP contribution is 2.16. The van der Waals surface area contributed by atoms with Crippen LogP contribution in [0.4, 0.5) is 11.4 Å². The Labute approximate surface area is 170 Å². The van der Waals surface area contributed by atoms with Gasteiger partial charge in [0.25, 0.3) is 5.91 Å². The van der Waals surface area contributed by atoms with Crippen molar-refractivity contribution in [3.63, 3.8) is 0 Å². The molecular formula is C21H25N3O3S. The molecule has 0 bridgehead atoms. The number of ether oxygens (including phenoxy) is 1. The third-order valence-electron chi connectivity index (χ3n) is 3.98. The fourth-order valence-electron chi connectivity index (χ4n) is 2.26. The lowest BCUT2D eigenvalue weighted by molar-refractivity contribution is -0.115. The van der Waals surface area contributed by atoms with Crippen molar-refractivity contribution in [1.29, 1.82) is 0 Å². The highest BCUT2D eigenvalue weighted by Gasteiger charge is 2.09. The molecule has 0 aliphatic heterocycles. The van der Waals surface area contributed by atoms with Crippen molar-refractivity contribution in [3.8, 4) is 5.75 Å². The van der Waals surface area contributed by atoms with E-state index in [4.69, 9.17) is 17.0 Å². The maximum Gasteiger partial charge on any atom is 0.257 e. The van der Waals surface area contributed by atoms with E-state index in [9.17, 15) is 9.59 Å². The summed E-state index contributed by atoms with van der Waals surface area (Å²) >= 11 is 5.21. The molecule has 2 rings (SSSR count). The molecule has 148 valence electrons. The van der Waals surface area contributed by atoms with Crippen molar-refractivity contribution in [1.82, 2.24) is 5.32 Å². The summed E-state index contributed by atoms with van der Waals surface area (Å²) in [5, 5.41) is 8.53. The fraction of sp³-hybridized carbons (Fsp3) is 0.286. The zero-order chi connectivity index (χ0) is 20.5. The van der Waals surface area contributed by atoms with E-state index < -0.39 is 0 Å². The summed E-state index contributed by atoms with van der Waals surface area (Å²) < 4.78 is 5.71. The van der Waals surface area contributed by atoms with E-state index in [0.717, 1.165) is 12.2 Å². The van der Waals surface area contributed by atoms with E-state index in [1.165, 1.54) is 0 Å². The number of benzene rings is 2. The first-order valence-electron chi connectivity index (χ1n) is 9.20. The lowest BCUT2D eigenvalue weighted by Gasteiger charge is -2.13. The molecule has 1 atom stereocenters. The Balaban J connectivity index is 1.93. The van der Waals surface area contributed by atoms with Crippen molar-refractivity contribution < 1.29 is 14.3 Å². The Morgan fingerprint density at radius 1 is 1.04 bits per heavy atom. The van der Waals surface area contributed by atoms with Gasteiger partial charge in [-0.15, -0.1) is 0 Å². The van der Waals surface area contributed by atoms with Gasteiger partial charge in [-0.2, -0.15) is 0 Å². The van der Waals surface area contributed by atoms with Crippen molar-refractivity contribution in [3.05, 3.63) is 54.1 Å². The summed E-state index contributed by atoms with van der Waals surface area (Å²) in [4.78, 5) is 23.8. The molecular weight excluding hydrogens is 374 g/mol. The van der Waals surface area contributed by atoms with Crippen LogP contribution >= 0.6 is 12.2 Å². The number of thiocarbonyl (C=S) groups is 1. The molecule has 0 saturated heterocycles. The molecule has 28 heavy (non-hydrogen) atoms. The summed E-state index contributed by atoms with van der Waals surface area (Å²) in [6, 6.07) is 14.0. The molecule has 6 nitrogen and oxygen atoms in total. The van der Waals surface area contributed by atoms with E-state index in [-0.39, 0.29) is 23.0 Å². The molecule has 0 aliphatic rings. The number of amides is 2. The average Bonchev–Trinajstić information content (AvgIpc) is 2.68. The standard InChI is InChI=1S/C21H25N3O3S/c1-4-14(3)27-18-11-9-15(10-12-18)20(26)24-21(28)23-17-8-6-7-16(13-17)22-19(25)5-2/h6-14H,4-5H2,1-3H3,(H,22,25)(H2,23,24,26,28). The van der Waals surface area contributed by atoms with Gasteiger partial charge in [0.2, 0.25) is 5.91 Å². The maximum absolute atomic E-state index is 12.3. The van der Waals surface area contributed by atoms with Crippen LogP contribution < -0.4 is 20.7 Å². The van der Waals surface area contributed by atoms with Crippen molar-refractivity contribution in [2.75, 3.05) is 10.6 Å². The Bertz CT molecular complexity index is 837. The second-order valence-electron chi connectivity index (χ2n) is 6.25. The minimum absolute atomic E-state index is 0.0752. The highest BCUT2D eigenvalue weighted by molar-refractivity contribution is 7.80. The first-order chi connectivity index (χ1) is 13.4.